The molecule has 4 heterocycles. The Hall–Kier alpha value is -2.61. The average Bonchev–Trinajstić information content (AvgIpc) is 3.29. The van der Waals surface area contributed by atoms with Crippen LogP contribution in [0.4, 0.5) is 0 Å². The van der Waals surface area contributed by atoms with Gasteiger partial charge in [-0.1, -0.05) is 0 Å². The van der Waals surface area contributed by atoms with Gasteiger partial charge >= 0.3 is 0 Å². The van der Waals surface area contributed by atoms with Crippen LogP contribution in [0.5, 0.6) is 0 Å². The molecule has 0 spiro atoms. The first-order valence-corrected chi connectivity index (χ1v) is 8.45. The zero-order chi connectivity index (χ0) is 17.4. The van der Waals surface area contributed by atoms with Gasteiger partial charge in [-0.3, -0.25) is 19.1 Å². The molecule has 2 aromatic rings. The Kier molecular flexibility index (Phi) is 4.04. The van der Waals surface area contributed by atoms with Crippen molar-refractivity contribution >= 4 is 11.8 Å². The smallest absolute Gasteiger partial charge is 0.290 e. The van der Waals surface area contributed by atoms with Crippen molar-refractivity contribution in [1.82, 2.24) is 19.7 Å². The van der Waals surface area contributed by atoms with Crippen LogP contribution in [0.1, 0.15) is 40.7 Å². The van der Waals surface area contributed by atoms with Gasteiger partial charge in [-0.15, -0.1) is 0 Å². The number of carbonyl (C=O) groups excluding carboxylic acids is 2. The van der Waals surface area contributed by atoms with E-state index in [1.54, 1.807) is 21.8 Å². The molecule has 0 saturated carbocycles. The van der Waals surface area contributed by atoms with E-state index >= 15 is 0 Å². The highest BCUT2D eigenvalue weighted by atomic mass is 16.7. The number of aromatic nitrogens is 2. The van der Waals surface area contributed by atoms with Gasteiger partial charge in [0.25, 0.3) is 11.8 Å². The second kappa shape index (κ2) is 6.36. The number of carbonyl (C=O) groups is 2. The SMILES string of the molecule is Cc1ccoc1C(=O)N1Cc2ccnn2[C@H](C(=O)N2CCCCO2)C1. The lowest BCUT2D eigenvalue weighted by Crippen LogP contribution is -2.49. The third-order valence-corrected chi connectivity index (χ3v) is 4.67. The number of fused-ring (bicyclic) bond motifs is 1. The molecule has 8 nitrogen and oxygen atoms in total. The maximum atomic E-state index is 12.9. The van der Waals surface area contributed by atoms with Gasteiger partial charge < -0.3 is 9.32 Å². The van der Waals surface area contributed by atoms with E-state index in [9.17, 15) is 9.59 Å². The van der Waals surface area contributed by atoms with Gasteiger partial charge in [0.1, 0.15) is 0 Å². The van der Waals surface area contributed by atoms with Crippen LogP contribution in [-0.2, 0) is 16.2 Å². The summed E-state index contributed by atoms with van der Waals surface area (Å²) in [6.07, 6.45) is 5.02. The summed E-state index contributed by atoms with van der Waals surface area (Å²) in [7, 11) is 0. The van der Waals surface area contributed by atoms with Gasteiger partial charge in [0.05, 0.1) is 31.7 Å². The quantitative estimate of drug-likeness (QED) is 0.825. The Balaban J connectivity index is 1.60. The molecule has 0 N–H and O–H groups in total. The molecule has 2 aromatic heterocycles. The molecule has 1 fully saturated rings. The van der Waals surface area contributed by atoms with Crippen molar-refractivity contribution in [3.63, 3.8) is 0 Å². The molecule has 0 radical (unpaired) electrons. The lowest BCUT2D eigenvalue weighted by atomic mass is 10.1. The Labute approximate surface area is 144 Å². The van der Waals surface area contributed by atoms with Gasteiger partial charge in [0.15, 0.2) is 11.8 Å². The Bertz CT molecular complexity index is 790. The van der Waals surface area contributed by atoms with E-state index in [1.165, 1.54) is 11.3 Å². The topological polar surface area (TPSA) is 80.8 Å². The predicted molar refractivity (Wildman–Crippen MR) is 86.3 cm³/mol. The number of hydrogen-bond donors (Lipinski definition) is 0. The second-order valence-electron chi connectivity index (χ2n) is 6.38. The van der Waals surface area contributed by atoms with E-state index in [4.69, 9.17) is 9.25 Å². The van der Waals surface area contributed by atoms with Crippen LogP contribution in [0.25, 0.3) is 0 Å². The summed E-state index contributed by atoms with van der Waals surface area (Å²) in [6.45, 7) is 3.57. The zero-order valence-corrected chi connectivity index (χ0v) is 14.1. The molecule has 8 heteroatoms. The summed E-state index contributed by atoms with van der Waals surface area (Å²) in [4.78, 5) is 32.8. The standard InChI is InChI=1S/C17H20N4O4/c1-12-5-9-24-15(12)17(23)19-10-13-4-6-18-21(13)14(11-19)16(22)20-7-2-3-8-25-20/h4-6,9,14H,2-3,7-8,10-11H2,1H3/t14-/m0/s1. The first-order chi connectivity index (χ1) is 12.1. The lowest BCUT2D eigenvalue weighted by molar-refractivity contribution is -0.201. The molecule has 0 unspecified atom stereocenters. The zero-order valence-electron chi connectivity index (χ0n) is 14.1. The van der Waals surface area contributed by atoms with Crippen LogP contribution in [0.2, 0.25) is 0 Å². The third-order valence-electron chi connectivity index (χ3n) is 4.67. The van der Waals surface area contributed by atoms with Crippen molar-refractivity contribution in [2.45, 2.75) is 32.4 Å². The van der Waals surface area contributed by atoms with Crippen LogP contribution in [0.15, 0.2) is 29.0 Å². The summed E-state index contributed by atoms with van der Waals surface area (Å²) in [5.41, 5.74) is 1.60. The Morgan fingerprint density at radius 1 is 1.28 bits per heavy atom. The van der Waals surface area contributed by atoms with Gasteiger partial charge in [0.2, 0.25) is 0 Å². The molecule has 1 saturated heterocycles. The molecule has 2 amide bonds. The highest BCUT2D eigenvalue weighted by molar-refractivity contribution is 5.93. The number of aryl methyl sites for hydroxylation is 1. The molecular formula is C17H20N4O4. The van der Waals surface area contributed by atoms with Crippen LogP contribution < -0.4 is 0 Å². The van der Waals surface area contributed by atoms with Crippen LogP contribution in [0, 0.1) is 6.92 Å². The lowest BCUT2D eigenvalue weighted by Gasteiger charge is -2.36. The van der Waals surface area contributed by atoms with E-state index in [0.717, 1.165) is 24.1 Å². The maximum Gasteiger partial charge on any atom is 0.290 e. The number of hydrogen-bond acceptors (Lipinski definition) is 5. The van der Waals surface area contributed by atoms with Gasteiger partial charge in [0, 0.05) is 18.3 Å². The van der Waals surface area contributed by atoms with E-state index in [-0.39, 0.29) is 18.4 Å². The number of rotatable bonds is 2. The van der Waals surface area contributed by atoms with E-state index < -0.39 is 6.04 Å². The third kappa shape index (κ3) is 2.82. The largest absolute Gasteiger partial charge is 0.459 e. The van der Waals surface area contributed by atoms with Crippen LogP contribution in [-0.4, -0.2) is 51.3 Å². The van der Waals surface area contributed by atoms with Gasteiger partial charge in [-0.25, -0.2) is 5.06 Å². The van der Waals surface area contributed by atoms with Crippen molar-refractivity contribution in [2.24, 2.45) is 0 Å². The molecule has 25 heavy (non-hydrogen) atoms. The second-order valence-corrected chi connectivity index (χ2v) is 6.38. The highest BCUT2D eigenvalue weighted by Crippen LogP contribution is 2.25. The fourth-order valence-electron chi connectivity index (χ4n) is 3.30. The number of furan rings is 1. The molecule has 2 aliphatic rings. The van der Waals surface area contributed by atoms with E-state index in [0.29, 0.717) is 25.5 Å². The Morgan fingerprint density at radius 3 is 2.88 bits per heavy atom. The van der Waals surface area contributed by atoms with Crippen LogP contribution >= 0.6 is 0 Å². The number of nitrogens with zero attached hydrogens (tertiary/aromatic N) is 4. The summed E-state index contributed by atoms with van der Waals surface area (Å²) in [6, 6.07) is 2.99. The molecule has 1 atom stereocenters. The minimum absolute atomic E-state index is 0.168. The first-order valence-electron chi connectivity index (χ1n) is 8.45. The average molecular weight is 344 g/mol. The summed E-state index contributed by atoms with van der Waals surface area (Å²) in [5, 5.41) is 5.69. The molecule has 2 aliphatic heterocycles. The molecule has 4 rings (SSSR count). The van der Waals surface area contributed by atoms with Crippen molar-refractivity contribution in [2.75, 3.05) is 19.7 Å². The predicted octanol–water partition coefficient (Wildman–Crippen LogP) is 1.54. The fraction of sp³-hybridized carbons (Fsp3) is 0.471. The molecular weight excluding hydrogens is 324 g/mol. The molecule has 0 bridgehead atoms. The van der Waals surface area contributed by atoms with E-state index in [2.05, 4.69) is 5.10 Å². The van der Waals surface area contributed by atoms with Gasteiger partial charge in [-0.2, -0.15) is 5.10 Å². The van der Waals surface area contributed by atoms with Crippen molar-refractivity contribution in [3.8, 4) is 0 Å². The molecule has 132 valence electrons. The summed E-state index contributed by atoms with van der Waals surface area (Å²) in [5.74, 6) is -0.0704. The minimum atomic E-state index is -0.587. The number of hydroxylamine groups is 2. The van der Waals surface area contributed by atoms with E-state index in [1.807, 2.05) is 13.0 Å². The normalized spacial score (nSPS) is 20.4. The molecule has 0 aromatic carbocycles. The maximum absolute atomic E-state index is 12.9. The highest BCUT2D eigenvalue weighted by Gasteiger charge is 2.37. The van der Waals surface area contributed by atoms with Crippen LogP contribution in [0.3, 0.4) is 0 Å². The Morgan fingerprint density at radius 2 is 2.16 bits per heavy atom. The monoisotopic (exact) mass is 344 g/mol. The van der Waals surface area contributed by atoms with Crippen molar-refractivity contribution in [3.05, 3.63) is 41.6 Å². The van der Waals surface area contributed by atoms with Crippen molar-refractivity contribution < 1.29 is 18.8 Å². The minimum Gasteiger partial charge on any atom is -0.459 e. The fourth-order valence-corrected chi connectivity index (χ4v) is 3.30. The van der Waals surface area contributed by atoms with Gasteiger partial charge in [-0.05, 0) is 31.9 Å². The summed E-state index contributed by atoms with van der Waals surface area (Å²) >= 11 is 0. The van der Waals surface area contributed by atoms with Crippen molar-refractivity contribution in [1.29, 1.82) is 0 Å². The first kappa shape index (κ1) is 15.9. The number of amides is 2. The molecule has 0 aliphatic carbocycles. The summed E-state index contributed by atoms with van der Waals surface area (Å²) < 4.78 is 7.02.